The molecule has 1 aliphatic heterocycles. The lowest BCUT2D eigenvalue weighted by Crippen LogP contribution is -2.34. The number of rotatable bonds is 3. The number of benzene rings is 1. The Labute approximate surface area is 122 Å². The highest BCUT2D eigenvalue weighted by Crippen LogP contribution is 2.30. The monoisotopic (exact) mass is 295 g/mol. The molecule has 1 heterocycles. The number of carbonyl (C=O) groups is 1. The quantitative estimate of drug-likeness (QED) is 0.687. The van der Waals surface area contributed by atoms with Gasteiger partial charge in [-0.2, -0.15) is 0 Å². The summed E-state index contributed by atoms with van der Waals surface area (Å²) in [5.41, 5.74) is -0.501. The highest BCUT2D eigenvalue weighted by molar-refractivity contribution is 5.99. The summed E-state index contributed by atoms with van der Waals surface area (Å²) < 4.78 is 13.7. The van der Waals surface area contributed by atoms with Gasteiger partial charge < -0.3 is 10.2 Å². The molecule has 0 spiro atoms. The normalized spacial score (nSPS) is 21.4. The van der Waals surface area contributed by atoms with Gasteiger partial charge in [-0.25, -0.2) is 4.39 Å². The van der Waals surface area contributed by atoms with Crippen LogP contribution in [0.5, 0.6) is 0 Å². The van der Waals surface area contributed by atoms with E-state index in [1.54, 1.807) is 4.90 Å². The molecule has 2 rings (SSSR count). The summed E-state index contributed by atoms with van der Waals surface area (Å²) in [6.45, 7) is 4.50. The minimum absolute atomic E-state index is 0.0233. The molecule has 2 unspecified atom stereocenters. The standard InChI is InChI=1S/C14H18FN3O3/c1-8-4-9(2)17(7-8)14(19)10-5-12(16-3)11(15)6-13(10)18(20)21/h5-6,8-9,16H,4,7H2,1-3H3. The van der Waals surface area contributed by atoms with E-state index in [2.05, 4.69) is 5.32 Å². The summed E-state index contributed by atoms with van der Waals surface area (Å²) in [5.74, 6) is -0.814. The second-order valence-electron chi connectivity index (χ2n) is 5.50. The Morgan fingerprint density at radius 2 is 2.14 bits per heavy atom. The molecule has 6 nitrogen and oxygen atoms in total. The molecule has 0 aliphatic carbocycles. The third-order valence-corrected chi connectivity index (χ3v) is 3.83. The number of hydrogen-bond donors (Lipinski definition) is 1. The molecule has 1 aromatic rings. The molecule has 21 heavy (non-hydrogen) atoms. The van der Waals surface area contributed by atoms with Crippen LogP contribution in [0.2, 0.25) is 0 Å². The van der Waals surface area contributed by atoms with Crippen molar-refractivity contribution in [2.75, 3.05) is 18.9 Å². The Morgan fingerprint density at radius 3 is 2.62 bits per heavy atom. The Kier molecular flexibility index (Phi) is 4.11. The zero-order valence-corrected chi connectivity index (χ0v) is 12.2. The van der Waals surface area contributed by atoms with Crippen molar-refractivity contribution in [3.63, 3.8) is 0 Å². The number of nitrogens with one attached hydrogen (secondary N) is 1. The topological polar surface area (TPSA) is 75.5 Å². The first kappa shape index (κ1) is 15.2. The molecule has 0 aromatic heterocycles. The lowest BCUT2D eigenvalue weighted by Gasteiger charge is -2.21. The minimum atomic E-state index is -0.747. The molecule has 1 N–H and O–H groups in total. The summed E-state index contributed by atoms with van der Waals surface area (Å²) in [6.07, 6.45) is 0.861. The van der Waals surface area contributed by atoms with Crippen LogP contribution in [0.15, 0.2) is 12.1 Å². The summed E-state index contributed by atoms with van der Waals surface area (Å²) in [4.78, 5) is 24.6. The number of amides is 1. The van der Waals surface area contributed by atoms with E-state index in [0.717, 1.165) is 12.5 Å². The molecular weight excluding hydrogens is 277 g/mol. The van der Waals surface area contributed by atoms with Crippen LogP contribution in [0.1, 0.15) is 30.6 Å². The van der Waals surface area contributed by atoms with Crippen molar-refractivity contribution < 1.29 is 14.1 Å². The molecule has 1 aliphatic rings. The first-order chi connectivity index (χ1) is 9.85. The fourth-order valence-corrected chi connectivity index (χ4v) is 2.81. The van der Waals surface area contributed by atoms with Gasteiger partial charge in [0.2, 0.25) is 0 Å². The smallest absolute Gasteiger partial charge is 0.285 e. The Bertz CT molecular complexity index is 591. The van der Waals surface area contributed by atoms with Gasteiger partial charge in [0.15, 0.2) is 5.82 Å². The lowest BCUT2D eigenvalue weighted by atomic mass is 10.1. The highest BCUT2D eigenvalue weighted by atomic mass is 19.1. The average molecular weight is 295 g/mol. The maximum Gasteiger partial charge on any atom is 0.285 e. The van der Waals surface area contributed by atoms with Crippen LogP contribution in [-0.2, 0) is 0 Å². The number of carbonyl (C=O) groups excluding carboxylic acids is 1. The van der Waals surface area contributed by atoms with Gasteiger partial charge in [0.1, 0.15) is 5.56 Å². The van der Waals surface area contributed by atoms with E-state index in [9.17, 15) is 19.3 Å². The van der Waals surface area contributed by atoms with Crippen LogP contribution >= 0.6 is 0 Å². The third kappa shape index (κ3) is 2.81. The van der Waals surface area contributed by atoms with E-state index in [0.29, 0.717) is 12.5 Å². The Morgan fingerprint density at radius 1 is 1.48 bits per heavy atom. The molecule has 1 amide bonds. The van der Waals surface area contributed by atoms with Gasteiger partial charge in [-0.05, 0) is 25.3 Å². The van der Waals surface area contributed by atoms with E-state index < -0.39 is 22.3 Å². The van der Waals surface area contributed by atoms with Crippen LogP contribution < -0.4 is 5.32 Å². The number of nitro groups is 1. The van der Waals surface area contributed by atoms with Crippen LogP contribution in [-0.4, -0.2) is 35.4 Å². The molecular formula is C14H18FN3O3. The summed E-state index contributed by atoms with van der Waals surface area (Å²) >= 11 is 0. The number of hydrogen-bond acceptors (Lipinski definition) is 4. The molecule has 0 saturated carbocycles. The third-order valence-electron chi connectivity index (χ3n) is 3.83. The van der Waals surface area contributed by atoms with E-state index in [4.69, 9.17) is 0 Å². The Hall–Kier alpha value is -2.18. The molecule has 2 atom stereocenters. The van der Waals surface area contributed by atoms with Crippen molar-refractivity contribution in [3.8, 4) is 0 Å². The van der Waals surface area contributed by atoms with E-state index >= 15 is 0 Å². The number of halogens is 1. The fourth-order valence-electron chi connectivity index (χ4n) is 2.81. The largest absolute Gasteiger partial charge is 0.386 e. The van der Waals surface area contributed by atoms with Crippen molar-refractivity contribution >= 4 is 17.3 Å². The minimum Gasteiger partial charge on any atom is -0.386 e. The number of nitro benzene ring substituents is 1. The highest BCUT2D eigenvalue weighted by Gasteiger charge is 2.34. The average Bonchev–Trinajstić information content (AvgIpc) is 2.76. The second kappa shape index (κ2) is 5.67. The summed E-state index contributed by atoms with van der Waals surface area (Å²) in [7, 11) is 1.50. The molecule has 0 bridgehead atoms. The van der Waals surface area contributed by atoms with Gasteiger partial charge in [0, 0.05) is 19.6 Å². The van der Waals surface area contributed by atoms with Crippen molar-refractivity contribution in [3.05, 3.63) is 33.6 Å². The first-order valence-corrected chi connectivity index (χ1v) is 6.81. The van der Waals surface area contributed by atoms with Gasteiger partial charge in [0.25, 0.3) is 11.6 Å². The lowest BCUT2D eigenvalue weighted by molar-refractivity contribution is -0.385. The van der Waals surface area contributed by atoms with Gasteiger partial charge in [-0.1, -0.05) is 6.92 Å². The van der Waals surface area contributed by atoms with Gasteiger partial charge in [-0.3, -0.25) is 14.9 Å². The number of nitrogens with zero attached hydrogens (tertiary/aromatic N) is 2. The van der Waals surface area contributed by atoms with E-state index in [1.165, 1.54) is 13.1 Å². The molecule has 1 aromatic carbocycles. The van der Waals surface area contributed by atoms with Crippen molar-refractivity contribution in [2.45, 2.75) is 26.3 Å². The van der Waals surface area contributed by atoms with Crippen molar-refractivity contribution in [1.29, 1.82) is 0 Å². The van der Waals surface area contributed by atoms with Crippen molar-refractivity contribution in [2.24, 2.45) is 5.92 Å². The summed E-state index contributed by atoms with van der Waals surface area (Å²) in [6, 6.07) is 2.03. The number of likely N-dealkylation sites (tertiary alicyclic amines) is 1. The van der Waals surface area contributed by atoms with Gasteiger partial charge in [-0.15, -0.1) is 0 Å². The molecule has 1 fully saturated rings. The predicted octanol–water partition coefficient (Wildman–Crippen LogP) is 2.65. The molecule has 0 radical (unpaired) electrons. The molecule has 7 heteroatoms. The SMILES string of the molecule is CNc1cc(C(=O)N2CC(C)CC2C)c([N+](=O)[O-])cc1F. The number of anilines is 1. The zero-order chi connectivity index (χ0) is 15.7. The maximum atomic E-state index is 13.7. The van der Waals surface area contributed by atoms with Crippen LogP contribution in [0.25, 0.3) is 0 Å². The molecule has 1 saturated heterocycles. The van der Waals surface area contributed by atoms with Gasteiger partial charge in [0.05, 0.1) is 16.7 Å². The van der Waals surface area contributed by atoms with E-state index in [1.807, 2.05) is 13.8 Å². The van der Waals surface area contributed by atoms with Crippen molar-refractivity contribution in [1.82, 2.24) is 4.90 Å². The van der Waals surface area contributed by atoms with Crippen LogP contribution in [0.4, 0.5) is 15.8 Å². The maximum absolute atomic E-state index is 13.7. The predicted molar refractivity (Wildman–Crippen MR) is 76.9 cm³/mol. The fraction of sp³-hybridized carbons (Fsp3) is 0.500. The molecule has 114 valence electrons. The summed E-state index contributed by atoms with van der Waals surface area (Å²) in [5, 5.41) is 13.7. The Balaban J connectivity index is 2.46. The van der Waals surface area contributed by atoms with Gasteiger partial charge >= 0.3 is 0 Å². The van der Waals surface area contributed by atoms with E-state index in [-0.39, 0.29) is 17.3 Å². The zero-order valence-electron chi connectivity index (χ0n) is 12.2. The first-order valence-electron chi connectivity index (χ1n) is 6.81. The van der Waals surface area contributed by atoms with Crippen LogP contribution in [0.3, 0.4) is 0 Å². The van der Waals surface area contributed by atoms with Crippen LogP contribution in [0, 0.1) is 21.8 Å². The second-order valence-corrected chi connectivity index (χ2v) is 5.50.